The van der Waals surface area contributed by atoms with Crippen molar-refractivity contribution in [3.8, 4) is 0 Å². The van der Waals surface area contributed by atoms with Crippen LogP contribution in [0.3, 0.4) is 0 Å². The van der Waals surface area contributed by atoms with Crippen molar-refractivity contribution in [2.45, 2.75) is 70.5 Å². The van der Waals surface area contributed by atoms with E-state index in [2.05, 4.69) is 18.7 Å². The van der Waals surface area contributed by atoms with Crippen LogP contribution in [0.15, 0.2) is 0 Å². The minimum absolute atomic E-state index is 0.169. The molecule has 0 amide bonds. The summed E-state index contributed by atoms with van der Waals surface area (Å²) < 4.78 is 44.4. The van der Waals surface area contributed by atoms with Gasteiger partial charge in [-0.25, -0.2) is 13.2 Å². The number of alkyl halides is 3. The Hall–Kier alpha value is -0.290. The zero-order valence-electron chi connectivity index (χ0n) is 14.3. The quantitative estimate of drug-likeness (QED) is 0.756. The Morgan fingerprint density at radius 2 is 1.73 bits per heavy atom. The number of hydrogen-bond donors (Lipinski definition) is 0. The molecule has 0 radical (unpaired) electrons. The van der Waals surface area contributed by atoms with Gasteiger partial charge in [0.1, 0.15) is 5.67 Å². The largest absolute Gasteiger partial charge is 0.303 e. The highest BCUT2D eigenvalue weighted by molar-refractivity contribution is 5.03. The number of nitrogens with zero attached hydrogens (tertiary/aromatic N) is 2. The van der Waals surface area contributed by atoms with Crippen molar-refractivity contribution in [1.29, 1.82) is 0 Å². The van der Waals surface area contributed by atoms with E-state index >= 15 is 4.39 Å². The van der Waals surface area contributed by atoms with Gasteiger partial charge >= 0.3 is 0 Å². The van der Waals surface area contributed by atoms with E-state index < -0.39 is 17.5 Å². The molecule has 2 nitrogen and oxygen atoms in total. The van der Waals surface area contributed by atoms with Crippen LogP contribution in [0.5, 0.6) is 0 Å². The first-order valence-electron chi connectivity index (χ1n) is 8.85. The Bertz CT molecular complexity index is 364. The molecule has 2 heterocycles. The number of halogens is 3. The maximum atomic E-state index is 15.6. The van der Waals surface area contributed by atoms with Crippen LogP contribution in [-0.4, -0.2) is 60.2 Å². The summed E-state index contributed by atoms with van der Waals surface area (Å²) in [6.07, 6.45) is 2.61. The van der Waals surface area contributed by atoms with Gasteiger partial charge in [-0.2, -0.15) is 0 Å². The number of rotatable bonds is 5. The zero-order valence-corrected chi connectivity index (χ0v) is 14.3. The molecule has 22 heavy (non-hydrogen) atoms. The molecule has 0 aromatic rings. The zero-order chi connectivity index (χ0) is 16.4. The van der Waals surface area contributed by atoms with Crippen LogP contribution >= 0.6 is 0 Å². The van der Waals surface area contributed by atoms with E-state index in [-0.39, 0.29) is 25.9 Å². The molecule has 2 fully saturated rings. The number of hydrogen-bond acceptors (Lipinski definition) is 2. The summed E-state index contributed by atoms with van der Waals surface area (Å²) in [5.74, 6) is -4.04. The molecule has 0 bridgehead atoms. The lowest BCUT2D eigenvalue weighted by Crippen LogP contribution is -2.62. The highest BCUT2D eigenvalue weighted by Crippen LogP contribution is 2.46. The summed E-state index contributed by atoms with van der Waals surface area (Å²) in [7, 11) is 0. The molecule has 0 aromatic heterocycles. The molecule has 0 aromatic carbocycles. The van der Waals surface area contributed by atoms with Crippen LogP contribution in [0.4, 0.5) is 13.2 Å². The van der Waals surface area contributed by atoms with E-state index in [0.717, 1.165) is 25.9 Å². The Kier molecular flexibility index (Phi) is 5.81. The van der Waals surface area contributed by atoms with Gasteiger partial charge < -0.3 is 4.90 Å². The second-order valence-corrected chi connectivity index (χ2v) is 7.26. The van der Waals surface area contributed by atoms with Crippen LogP contribution in [0.2, 0.25) is 0 Å². The third kappa shape index (κ3) is 3.78. The second-order valence-electron chi connectivity index (χ2n) is 7.26. The monoisotopic (exact) mass is 320 g/mol. The minimum atomic E-state index is -2.88. The van der Waals surface area contributed by atoms with E-state index in [1.54, 1.807) is 0 Å². The summed E-state index contributed by atoms with van der Waals surface area (Å²) in [6.45, 7) is 8.52. The fourth-order valence-corrected chi connectivity index (χ4v) is 4.10. The van der Waals surface area contributed by atoms with Crippen LogP contribution in [0, 0.1) is 5.92 Å². The predicted octanol–water partition coefficient (Wildman–Crippen LogP) is 3.96. The molecule has 0 spiro atoms. The van der Waals surface area contributed by atoms with Gasteiger partial charge in [-0.15, -0.1) is 0 Å². The summed E-state index contributed by atoms with van der Waals surface area (Å²) in [4.78, 5) is 4.09. The lowest BCUT2D eigenvalue weighted by molar-refractivity contribution is -0.174. The Balaban J connectivity index is 2.14. The highest BCUT2D eigenvalue weighted by atomic mass is 19.3. The van der Waals surface area contributed by atoms with Gasteiger partial charge in [-0.05, 0) is 45.7 Å². The van der Waals surface area contributed by atoms with Crippen molar-refractivity contribution in [2.75, 3.05) is 32.7 Å². The molecular formula is C17H31F3N2. The first kappa shape index (κ1) is 18.1. The fraction of sp³-hybridized carbons (Fsp3) is 1.00. The molecule has 0 aliphatic carbocycles. The van der Waals surface area contributed by atoms with E-state index in [1.807, 2.05) is 11.8 Å². The maximum Gasteiger partial charge on any atom is 0.256 e. The lowest BCUT2D eigenvalue weighted by Gasteiger charge is -2.50. The van der Waals surface area contributed by atoms with Crippen molar-refractivity contribution in [2.24, 2.45) is 5.92 Å². The summed E-state index contributed by atoms with van der Waals surface area (Å²) in [6, 6.07) is 0.299. The van der Waals surface area contributed by atoms with Crippen LogP contribution in [-0.2, 0) is 0 Å². The van der Waals surface area contributed by atoms with Gasteiger partial charge in [0, 0.05) is 32.1 Å². The fourth-order valence-electron chi connectivity index (χ4n) is 4.10. The molecule has 130 valence electrons. The molecular weight excluding hydrogens is 289 g/mol. The smallest absolute Gasteiger partial charge is 0.256 e. The molecule has 2 aliphatic rings. The minimum Gasteiger partial charge on any atom is -0.303 e. The molecule has 3 atom stereocenters. The molecule has 2 saturated heterocycles. The Labute approximate surface area is 133 Å². The molecule has 3 unspecified atom stereocenters. The average Bonchev–Trinajstić information content (AvgIpc) is 2.45. The van der Waals surface area contributed by atoms with E-state index in [9.17, 15) is 8.78 Å². The summed E-state index contributed by atoms with van der Waals surface area (Å²) >= 11 is 0. The lowest BCUT2D eigenvalue weighted by atomic mass is 9.74. The standard InChI is InChI=1S/C17H31F3N2/c1-4-9-21-11-8-17(19,20)15(12-21)16(18)7-6-14(3)22(13-16)10-5-2/h14-15H,4-13H2,1-3H3. The van der Waals surface area contributed by atoms with Crippen molar-refractivity contribution in [3.63, 3.8) is 0 Å². The average molecular weight is 320 g/mol. The van der Waals surface area contributed by atoms with Crippen LogP contribution in [0.1, 0.15) is 52.9 Å². The van der Waals surface area contributed by atoms with Crippen LogP contribution < -0.4 is 0 Å². The van der Waals surface area contributed by atoms with Crippen molar-refractivity contribution < 1.29 is 13.2 Å². The van der Waals surface area contributed by atoms with Gasteiger partial charge in [-0.3, -0.25) is 4.90 Å². The first-order valence-corrected chi connectivity index (χ1v) is 8.85. The molecule has 2 rings (SSSR count). The van der Waals surface area contributed by atoms with Crippen LogP contribution in [0.25, 0.3) is 0 Å². The Morgan fingerprint density at radius 1 is 1.05 bits per heavy atom. The summed E-state index contributed by atoms with van der Waals surface area (Å²) in [5.41, 5.74) is -1.75. The third-order valence-corrected chi connectivity index (χ3v) is 5.45. The highest BCUT2D eigenvalue weighted by Gasteiger charge is 2.57. The maximum absolute atomic E-state index is 15.6. The molecule has 0 N–H and O–H groups in total. The van der Waals surface area contributed by atoms with Gasteiger partial charge in [0.05, 0.1) is 5.92 Å². The second kappa shape index (κ2) is 7.08. The normalized spacial score (nSPS) is 37.4. The van der Waals surface area contributed by atoms with E-state index in [0.29, 0.717) is 19.0 Å². The third-order valence-electron chi connectivity index (χ3n) is 5.45. The van der Waals surface area contributed by atoms with Crippen molar-refractivity contribution in [1.82, 2.24) is 9.80 Å². The van der Waals surface area contributed by atoms with E-state index in [1.165, 1.54) is 0 Å². The number of likely N-dealkylation sites (tertiary alicyclic amines) is 2. The first-order chi connectivity index (χ1) is 10.3. The van der Waals surface area contributed by atoms with Crippen molar-refractivity contribution in [3.05, 3.63) is 0 Å². The van der Waals surface area contributed by atoms with Gasteiger partial charge in [0.25, 0.3) is 5.92 Å². The van der Waals surface area contributed by atoms with Gasteiger partial charge in [0.2, 0.25) is 0 Å². The Morgan fingerprint density at radius 3 is 2.36 bits per heavy atom. The predicted molar refractivity (Wildman–Crippen MR) is 84.2 cm³/mol. The van der Waals surface area contributed by atoms with Gasteiger partial charge in [-0.1, -0.05) is 13.8 Å². The molecule has 0 saturated carbocycles. The SMILES string of the molecule is CCCN1CCC(F)(F)C(C2(F)CCC(C)N(CCC)C2)C1. The van der Waals surface area contributed by atoms with Crippen molar-refractivity contribution >= 4 is 0 Å². The van der Waals surface area contributed by atoms with Gasteiger partial charge in [0.15, 0.2) is 0 Å². The summed E-state index contributed by atoms with van der Waals surface area (Å²) in [5, 5.41) is 0. The molecule has 2 aliphatic heterocycles. The molecule has 5 heteroatoms. The number of piperidine rings is 2. The van der Waals surface area contributed by atoms with E-state index in [4.69, 9.17) is 0 Å². The topological polar surface area (TPSA) is 6.48 Å².